The van der Waals surface area contributed by atoms with Gasteiger partial charge in [-0.2, -0.15) is 0 Å². The molecule has 2 rings (SSSR count). The van der Waals surface area contributed by atoms with E-state index in [0.29, 0.717) is 28.0 Å². The molecule has 0 aliphatic heterocycles. The van der Waals surface area contributed by atoms with Gasteiger partial charge < -0.3 is 11.1 Å². The van der Waals surface area contributed by atoms with E-state index in [9.17, 15) is 10.1 Å². The number of nitro groups is 1. The van der Waals surface area contributed by atoms with Crippen LogP contribution < -0.4 is 11.1 Å². The van der Waals surface area contributed by atoms with Crippen LogP contribution in [0.3, 0.4) is 0 Å². The van der Waals surface area contributed by atoms with Gasteiger partial charge in [0.1, 0.15) is 0 Å². The van der Waals surface area contributed by atoms with E-state index in [1.807, 2.05) is 12.1 Å². The van der Waals surface area contributed by atoms with E-state index in [4.69, 9.17) is 28.9 Å². The van der Waals surface area contributed by atoms with Crippen molar-refractivity contribution in [3.8, 4) is 0 Å². The molecule has 122 valence electrons. The Bertz CT molecular complexity index is 722. The quantitative estimate of drug-likeness (QED) is 0.430. The summed E-state index contributed by atoms with van der Waals surface area (Å²) in [5.41, 5.74) is 7.85. The molecule has 0 fully saturated rings. The van der Waals surface area contributed by atoms with Crippen LogP contribution in [0.2, 0.25) is 10.0 Å². The summed E-state index contributed by atoms with van der Waals surface area (Å²) in [5.74, 6) is 0.175. The van der Waals surface area contributed by atoms with Gasteiger partial charge in [-0.15, -0.1) is 0 Å². The minimum absolute atomic E-state index is 0.0270. The fourth-order valence-electron chi connectivity index (χ4n) is 2.36. The molecule has 2 aromatic rings. The number of nitrogens with zero attached hydrogens (tertiary/aromatic N) is 1. The van der Waals surface area contributed by atoms with Crippen molar-refractivity contribution in [2.45, 2.75) is 19.3 Å². The monoisotopic (exact) mass is 353 g/mol. The zero-order valence-electron chi connectivity index (χ0n) is 12.6. The number of hydrogen-bond acceptors (Lipinski definition) is 4. The highest BCUT2D eigenvalue weighted by molar-refractivity contribution is 6.35. The molecule has 0 aromatic heterocycles. The third-order valence-electron chi connectivity index (χ3n) is 3.68. The summed E-state index contributed by atoms with van der Waals surface area (Å²) < 4.78 is 0. The minimum atomic E-state index is -0.470. The van der Waals surface area contributed by atoms with Crippen LogP contribution in [-0.2, 0) is 0 Å². The smallest absolute Gasteiger partial charge is 0.271 e. The Kier molecular flexibility index (Phi) is 5.69. The van der Waals surface area contributed by atoms with Crippen molar-refractivity contribution in [3.05, 3.63) is 62.1 Å². The van der Waals surface area contributed by atoms with Crippen LogP contribution in [0, 0.1) is 10.1 Å². The van der Waals surface area contributed by atoms with Crippen LogP contribution in [0.25, 0.3) is 0 Å². The summed E-state index contributed by atoms with van der Waals surface area (Å²) in [6.07, 6.45) is 0.876. The van der Waals surface area contributed by atoms with E-state index in [0.717, 1.165) is 12.0 Å². The maximum Gasteiger partial charge on any atom is 0.271 e. The molecule has 0 saturated carbocycles. The second-order valence-corrected chi connectivity index (χ2v) is 6.02. The highest BCUT2D eigenvalue weighted by Crippen LogP contribution is 2.31. The molecule has 0 amide bonds. The molecule has 0 radical (unpaired) electrons. The Hall–Kier alpha value is -1.98. The summed E-state index contributed by atoms with van der Waals surface area (Å²) >= 11 is 12.2. The molecule has 0 saturated heterocycles. The lowest BCUT2D eigenvalue weighted by Crippen LogP contribution is -2.13. The highest BCUT2D eigenvalue weighted by atomic mass is 35.5. The molecule has 5 nitrogen and oxygen atoms in total. The van der Waals surface area contributed by atoms with Crippen LogP contribution in [0.1, 0.15) is 24.8 Å². The van der Waals surface area contributed by atoms with Crippen LogP contribution in [-0.4, -0.2) is 11.5 Å². The van der Waals surface area contributed by atoms with Crippen LogP contribution in [0.5, 0.6) is 0 Å². The van der Waals surface area contributed by atoms with Crippen molar-refractivity contribution in [2.75, 3.05) is 17.6 Å². The number of anilines is 2. The Morgan fingerprint density at radius 2 is 2.00 bits per heavy atom. The fourth-order valence-corrected chi connectivity index (χ4v) is 2.93. The second-order valence-electron chi connectivity index (χ2n) is 5.18. The Labute approximate surface area is 144 Å². The van der Waals surface area contributed by atoms with Gasteiger partial charge in [-0.3, -0.25) is 10.1 Å². The number of halogens is 2. The first kappa shape index (κ1) is 17.4. The van der Waals surface area contributed by atoms with Crippen LogP contribution in [0.15, 0.2) is 36.4 Å². The number of rotatable bonds is 6. The van der Waals surface area contributed by atoms with Crippen molar-refractivity contribution in [1.82, 2.24) is 0 Å². The molecule has 0 spiro atoms. The molecule has 3 N–H and O–H groups in total. The molecule has 23 heavy (non-hydrogen) atoms. The van der Waals surface area contributed by atoms with Crippen molar-refractivity contribution in [2.24, 2.45) is 0 Å². The van der Waals surface area contributed by atoms with E-state index >= 15 is 0 Å². The first-order valence-corrected chi connectivity index (χ1v) is 7.90. The highest BCUT2D eigenvalue weighted by Gasteiger charge is 2.15. The molecule has 0 aliphatic carbocycles. The van der Waals surface area contributed by atoms with Gasteiger partial charge in [0.2, 0.25) is 0 Å². The van der Waals surface area contributed by atoms with Gasteiger partial charge >= 0.3 is 0 Å². The lowest BCUT2D eigenvalue weighted by Gasteiger charge is -2.19. The normalized spacial score (nSPS) is 12.0. The third kappa shape index (κ3) is 4.27. The first-order valence-electron chi connectivity index (χ1n) is 7.15. The number of benzene rings is 2. The van der Waals surface area contributed by atoms with Crippen molar-refractivity contribution in [1.29, 1.82) is 0 Å². The lowest BCUT2D eigenvalue weighted by atomic mass is 9.96. The number of nitrogens with two attached hydrogens (primary N) is 1. The minimum Gasteiger partial charge on any atom is -0.397 e. The van der Waals surface area contributed by atoms with Crippen molar-refractivity contribution in [3.63, 3.8) is 0 Å². The zero-order valence-corrected chi connectivity index (χ0v) is 14.1. The van der Waals surface area contributed by atoms with Gasteiger partial charge in [0, 0.05) is 34.6 Å². The lowest BCUT2D eigenvalue weighted by molar-refractivity contribution is -0.384. The van der Waals surface area contributed by atoms with Crippen LogP contribution in [0.4, 0.5) is 17.1 Å². The van der Waals surface area contributed by atoms with E-state index in [-0.39, 0.29) is 11.6 Å². The predicted molar refractivity (Wildman–Crippen MR) is 95.5 cm³/mol. The number of non-ortho nitro benzene ring substituents is 1. The number of hydrogen-bond donors (Lipinski definition) is 2. The first-order chi connectivity index (χ1) is 10.9. The van der Waals surface area contributed by atoms with Gasteiger partial charge in [0.25, 0.3) is 5.69 Å². The predicted octanol–water partition coefficient (Wildman–Crippen LogP) is 5.09. The average molecular weight is 354 g/mol. The Morgan fingerprint density at radius 1 is 1.26 bits per heavy atom. The summed E-state index contributed by atoms with van der Waals surface area (Å²) in [6.45, 7) is 2.68. The van der Waals surface area contributed by atoms with Crippen LogP contribution >= 0.6 is 23.2 Å². The maximum atomic E-state index is 10.7. The topological polar surface area (TPSA) is 81.2 Å². The van der Waals surface area contributed by atoms with Crippen molar-refractivity contribution >= 4 is 40.3 Å². The van der Waals surface area contributed by atoms with E-state index in [1.54, 1.807) is 12.1 Å². The number of nitrogen functional groups attached to an aromatic ring is 1. The largest absolute Gasteiger partial charge is 0.397 e. The maximum absolute atomic E-state index is 10.7. The van der Waals surface area contributed by atoms with Gasteiger partial charge in [0.15, 0.2) is 0 Å². The fraction of sp³-hybridized carbons (Fsp3) is 0.250. The van der Waals surface area contributed by atoms with E-state index < -0.39 is 4.92 Å². The molecule has 0 aliphatic rings. The van der Waals surface area contributed by atoms with E-state index in [2.05, 4.69) is 12.2 Å². The van der Waals surface area contributed by atoms with Gasteiger partial charge in [-0.05, 0) is 30.2 Å². The number of nitro benzene ring substituents is 1. The molecular formula is C16H17Cl2N3O2. The SMILES string of the molecule is CCC(CNc1ccc([N+](=O)[O-])cc1N)c1ccc(Cl)cc1Cl. The van der Waals surface area contributed by atoms with Gasteiger partial charge in [-0.1, -0.05) is 36.2 Å². The molecule has 7 heteroatoms. The zero-order chi connectivity index (χ0) is 17.0. The molecule has 1 atom stereocenters. The summed E-state index contributed by atoms with van der Waals surface area (Å²) in [5, 5.41) is 15.2. The Balaban J connectivity index is 2.13. The summed E-state index contributed by atoms with van der Waals surface area (Å²) in [6, 6.07) is 9.84. The standard InChI is InChI=1S/C16H17Cl2N3O2/c1-2-10(13-5-3-11(17)7-14(13)18)9-20-16-6-4-12(21(22)23)8-15(16)19/h3-8,10,20H,2,9,19H2,1H3. The molecule has 2 aromatic carbocycles. The summed E-state index contributed by atoms with van der Waals surface area (Å²) in [4.78, 5) is 10.3. The number of nitrogens with one attached hydrogen (secondary N) is 1. The molecule has 0 heterocycles. The van der Waals surface area contributed by atoms with Crippen molar-refractivity contribution < 1.29 is 4.92 Å². The van der Waals surface area contributed by atoms with Gasteiger partial charge in [0.05, 0.1) is 16.3 Å². The third-order valence-corrected chi connectivity index (χ3v) is 4.24. The molecule has 0 bridgehead atoms. The Morgan fingerprint density at radius 3 is 2.57 bits per heavy atom. The second kappa shape index (κ2) is 7.53. The van der Waals surface area contributed by atoms with Gasteiger partial charge in [-0.25, -0.2) is 0 Å². The average Bonchev–Trinajstić information content (AvgIpc) is 2.50. The molecule has 1 unspecified atom stereocenters. The van der Waals surface area contributed by atoms with E-state index in [1.165, 1.54) is 12.1 Å². The molecular weight excluding hydrogens is 337 g/mol. The summed E-state index contributed by atoms with van der Waals surface area (Å²) in [7, 11) is 0.